The normalized spacial score (nSPS) is 16.4. The second-order valence-corrected chi connectivity index (χ2v) is 5.16. The molecule has 4 nitrogen and oxygen atoms in total. The Morgan fingerprint density at radius 1 is 1.21 bits per heavy atom. The van der Waals surface area contributed by atoms with Crippen molar-refractivity contribution in [2.24, 2.45) is 0 Å². The number of hydrogen-bond acceptors (Lipinski definition) is 4. The summed E-state index contributed by atoms with van der Waals surface area (Å²) in [6.07, 6.45) is 0. The van der Waals surface area contributed by atoms with Crippen LogP contribution in [0.3, 0.4) is 0 Å². The SMILES string of the molecule is COc1cc(C)c(NCCN2CCNCC2)cc1C. The van der Waals surface area contributed by atoms with Crippen molar-refractivity contribution < 1.29 is 4.74 Å². The zero-order valence-corrected chi connectivity index (χ0v) is 12.3. The highest BCUT2D eigenvalue weighted by atomic mass is 16.5. The highest BCUT2D eigenvalue weighted by molar-refractivity contribution is 5.56. The Bertz CT molecular complexity index is 414. The number of methoxy groups -OCH3 is 1. The van der Waals surface area contributed by atoms with Crippen LogP contribution in [0.2, 0.25) is 0 Å². The lowest BCUT2D eigenvalue weighted by Crippen LogP contribution is -2.45. The van der Waals surface area contributed by atoms with E-state index in [0.29, 0.717) is 0 Å². The van der Waals surface area contributed by atoms with Gasteiger partial charge in [0.1, 0.15) is 5.75 Å². The van der Waals surface area contributed by atoms with Gasteiger partial charge >= 0.3 is 0 Å². The van der Waals surface area contributed by atoms with Gasteiger partial charge in [0.05, 0.1) is 7.11 Å². The van der Waals surface area contributed by atoms with Gasteiger partial charge in [-0.15, -0.1) is 0 Å². The predicted molar refractivity (Wildman–Crippen MR) is 80.3 cm³/mol. The van der Waals surface area contributed by atoms with E-state index in [4.69, 9.17) is 4.74 Å². The van der Waals surface area contributed by atoms with Gasteiger partial charge in [0.25, 0.3) is 0 Å². The molecule has 1 fully saturated rings. The van der Waals surface area contributed by atoms with Gasteiger partial charge in [-0.1, -0.05) is 0 Å². The summed E-state index contributed by atoms with van der Waals surface area (Å²) in [6.45, 7) is 10.8. The van der Waals surface area contributed by atoms with Crippen molar-refractivity contribution in [3.63, 3.8) is 0 Å². The molecule has 1 heterocycles. The molecule has 0 spiro atoms. The Morgan fingerprint density at radius 2 is 1.95 bits per heavy atom. The fourth-order valence-corrected chi connectivity index (χ4v) is 2.48. The van der Waals surface area contributed by atoms with Crippen molar-refractivity contribution >= 4 is 5.69 Å². The van der Waals surface area contributed by atoms with Crippen LogP contribution in [-0.4, -0.2) is 51.3 Å². The van der Waals surface area contributed by atoms with Gasteiger partial charge < -0.3 is 15.4 Å². The van der Waals surface area contributed by atoms with Gasteiger partial charge in [-0.2, -0.15) is 0 Å². The molecule has 0 amide bonds. The van der Waals surface area contributed by atoms with Crippen LogP contribution in [0, 0.1) is 13.8 Å². The molecular weight excluding hydrogens is 238 g/mol. The number of hydrogen-bond donors (Lipinski definition) is 2. The molecule has 0 radical (unpaired) electrons. The maximum atomic E-state index is 5.34. The number of aryl methyl sites for hydroxylation is 2. The minimum atomic E-state index is 0.963. The average Bonchev–Trinajstić information content (AvgIpc) is 2.43. The van der Waals surface area contributed by atoms with Crippen LogP contribution in [-0.2, 0) is 0 Å². The highest BCUT2D eigenvalue weighted by Crippen LogP contribution is 2.25. The average molecular weight is 263 g/mol. The molecule has 1 aliphatic heterocycles. The monoisotopic (exact) mass is 263 g/mol. The van der Waals surface area contributed by atoms with E-state index in [2.05, 4.69) is 41.5 Å². The van der Waals surface area contributed by atoms with Crippen molar-refractivity contribution in [2.75, 3.05) is 51.7 Å². The van der Waals surface area contributed by atoms with Gasteiger partial charge in [0.2, 0.25) is 0 Å². The van der Waals surface area contributed by atoms with Gasteiger partial charge in [0.15, 0.2) is 0 Å². The molecule has 1 aromatic rings. The standard InChI is InChI=1S/C15H25N3O/c1-12-11-15(19-3)13(2)10-14(12)17-6-9-18-7-4-16-5-8-18/h10-11,16-17H,4-9H2,1-3H3. The number of piperazine rings is 1. The summed E-state index contributed by atoms with van der Waals surface area (Å²) in [5.41, 5.74) is 3.63. The zero-order chi connectivity index (χ0) is 13.7. The Morgan fingerprint density at radius 3 is 2.63 bits per heavy atom. The van der Waals surface area contributed by atoms with Crippen LogP contribution in [0.5, 0.6) is 5.75 Å². The zero-order valence-electron chi connectivity index (χ0n) is 12.3. The third-order valence-electron chi connectivity index (χ3n) is 3.69. The molecule has 0 aromatic heterocycles. The number of rotatable bonds is 5. The summed E-state index contributed by atoms with van der Waals surface area (Å²) in [6, 6.07) is 4.27. The maximum Gasteiger partial charge on any atom is 0.122 e. The van der Waals surface area contributed by atoms with E-state index in [1.54, 1.807) is 7.11 Å². The lowest BCUT2D eigenvalue weighted by Gasteiger charge is -2.27. The summed E-state index contributed by atoms with van der Waals surface area (Å²) in [5.74, 6) is 0.963. The summed E-state index contributed by atoms with van der Waals surface area (Å²) in [5, 5.41) is 6.91. The molecule has 0 saturated carbocycles. The third kappa shape index (κ3) is 3.85. The Kier molecular flexibility index (Phi) is 5.05. The maximum absolute atomic E-state index is 5.34. The van der Waals surface area contributed by atoms with Crippen molar-refractivity contribution in [3.8, 4) is 5.75 Å². The first-order valence-corrected chi connectivity index (χ1v) is 7.03. The number of ether oxygens (including phenoxy) is 1. The van der Waals surface area contributed by atoms with Gasteiger partial charge in [-0.05, 0) is 37.1 Å². The van der Waals surface area contributed by atoms with Crippen molar-refractivity contribution in [1.82, 2.24) is 10.2 Å². The van der Waals surface area contributed by atoms with Crippen LogP contribution < -0.4 is 15.4 Å². The molecule has 1 aromatic carbocycles. The molecule has 1 saturated heterocycles. The van der Waals surface area contributed by atoms with Crippen LogP contribution in [0.1, 0.15) is 11.1 Å². The Hall–Kier alpha value is -1.26. The first-order valence-electron chi connectivity index (χ1n) is 7.03. The molecule has 0 bridgehead atoms. The van der Waals surface area contributed by atoms with Gasteiger partial charge in [-0.25, -0.2) is 0 Å². The topological polar surface area (TPSA) is 36.5 Å². The van der Waals surface area contributed by atoms with Gasteiger partial charge in [0, 0.05) is 45.0 Å². The van der Waals surface area contributed by atoms with Crippen LogP contribution in [0.25, 0.3) is 0 Å². The molecule has 1 aliphatic rings. The summed E-state index contributed by atoms with van der Waals surface area (Å²) in [7, 11) is 1.72. The second-order valence-electron chi connectivity index (χ2n) is 5.16. The second kappa shape index (κ2) is 6.78. The van der Waals surface area contributed by atoms with Crippen molar-refractivity contribution in [2.45, 2.75) is 13.8 Å². The summed E-state index contributed by atoms with van der Waals surface area (Å²) >= 11 is 0. The molecule has 2 N–H and O–H groups in total. The number of nitrogens with zero attached hydrogens (tertiary/aromatic N) is 1. The van der Waals surface area contributed by atoms with Gasteiger partial charge in [-0.3, -0.25) is 4.90 Å². The number of anilines is 1. The Balaban J connectivity index is 1.86. The fourth-order valence-electron chi connectivity index (χ4n) is 2.48. The molecule has 19 heavy (non-hydrogen) atoms. The van der Waals surface area contributed by atoms with E-state index >= 15 is 0 Å². The van der Waals surface area contributed by atoms with E-state index in [0.717, 1.165) is 45.0 Å². The Labute approximate surface area is 116 Å². The van der Waals surface area contributed by atoms with E-state index < -0.39 is 0 Å². The lowest BCUT2D eigenvalue weighted by atomic mass is 10.1. The first kappa shape index (κ1) is 14.2. The molecule has 0 atom stereocenters. The number of benzene rings is 1. The van der Waals surface area contributed by atoms with Crippen LogP contribution >= 0.6 is 0 Å². The molecular formula is C15H25N3O. The smallest absolute Gasteiger partial charge is 0.122 e. The number of nitrogens with one attached hydrogen (secondary N) is 2. The lowest BCUT2D eigenvalue weighted by molar-refractivity contribution is 0.249. The molecule has 2 rings (SSSR count). The molecule has 106 valence electrons. The summed E-state index contributed by atoms with van der Waals surface area (Å²) in [4.78, 5) is 2.50. The van der Waals surface area contributed by atoms with E-state index in [1.807, 2.05) is 0 Å². The minimum absolute atomic E-state index is 0.963. The molecule has 4 heteroatoms. The highest BCUT2D eigenvalue weighted by Gasteiger charge is 2.09. The van der Waals surface area contributed by atoms with Crippen LogP contribution in [0.4, 0.5) is 5.69 Å². The quantitative estimate of drug-likeness (QED) is 0.846. The largest absolute Gasteiger partial charge is 0.496 e. The third-order valence-corrected chi connectivity index (χ3v) is 3.69. The molecule has 0 unspecified atom stereocenters. The fraction of sp³-hybridized carbons (Fsp3) is 0.600. The van der Waals surface area contributed by atoms with Crippen molar-refractivity contribution in [3.05, 3.63) is 23.3 Å². The van der Waals surface area contributed by atoms with E-state index in [-0.39, 0.29) is 0 Å². The predicted octanol–water partition coefficient (Wildman–Crippen LogP) is 1.63. The summed E-state index contributed by atoms with van der Waals surface area (Å²) < 4.78 is 5.34. The minimum Gasteiger partial charge on any atom is -0.496 e. The molecule has 0 aliphatic carbocycles. The van der Waals surface area contributed by atoms with E-state index in [1.165, 1.54) is 16.8 Å². The van der Waals surface area contributed by atoms with E-state index in [9.17, 15) is 0 Å². The first-order chi connectivity index (χ1) is 9.20. The van der Waals surface area contributed by atoms with Crippen LogP contribution in [0.15, 0.2) is 12.1 Å². The van der Waals surface area contributed by atoms with Crippen molar-refractivity contribution in [1.29, 1.82) is 0 Å².